The van der Waals surface area contributed by atoms with Crippen LogP contribution in [0.25, 0.3) is 0 Å². The van der Waals surface area contributed by atoms with Crippen LogP contribution in [0.3, 0.4) is 0 Å². The van der Waals surface area contributed by atoms with Crippen LogP contribution in [-0.2, 0) is 0 Å². The summed E-state index contributed by atoms with van der Waals surface area (Å²) in [7, 11) is 0. The van der Waals surface area contributed by atoms with Gasteiger partial charge < -0.3 is 4.90 Å². The Hall–Kier alpha value is -0.0400. The van der Waals surface area contributed by atoms with Crippen LogP contribution in [0.5, 0.6) is 0 Å². The molecule has 21 heavy (non-hydrogen) atoms. The average Bonchev–Trinajstić information content (AvgIpc) is 2.55. The number of hydrogen-bond acceptors (Lipinski definition) is 1. The van der Waals surface area contributed by atoms with E-state index >= 15 is 0 Å². The van der Waals surface area contributed by atoms with Crippen molar-refractivity contribution in [3.05, 3.63) is 0 Å². The Morgan fingerprint density at radius 1 is 0.667 bits per heavy atom. The van der Waals surface area contributed by atoms with Crippen molar-refractivity contribution >= 4 is 0 Å². The Morgan fingerprint density at radius 3 is 1.48 bits per heavy atom. The monoisotopic (exact) mass is 293 g/mol. The molecule has 1 heteroatoms. The van der Waals surface area contributed by atoms with E-state index in [4.69, 9.17) is 0 Å². The molecule has 0 heterocycles. The highest BCUT2D eigenvalue weighted by Gasteiger charge is 2.15. The molecule has 0 aromatic rings. The highest BCUT2D eigenvalue weighted by Crippen LogP contribution is 2.28. The maximum absolute atomic E-state index is 2.71. The SMILES string of the molecule is CCN(CCCC1CCCCC1)CCCC1CCCCC1. The summed E-state index contributed by atoms with van der Waals surface area (Å²) in [6.45, 7) is 6.33. The van der Waals surface area contributed by atoms with E-state index in [-0.39, 0.29) is 0 Å². The maximum Gasteiger partial charge on any atom is -0.00188 e. The fraction of sp³-hybridized carbons (Fsp3) is 1.00. The second kappa shape index (κ2) is 10.6. The second-order valence-corrected chi connectivity index (χ2v) is 7.73. The van der Waals surface area contributed by atoms with Gasteiger partial charge in [-0.15, -0.1) is 0 Å². The van der Waals surface area contributed by atoms with Crippen molar-refractivity contribution < 1.29 is 0 Å². The molecule has 0 aromatic carbocycles. The van der Waals surface area contributed by atoms with Gasteiger partial charge in [-0.1, -0.05) is 71.1 Å². The topological polar surface area (TPSA) is 3.24 Å². The van der Waals surface area contributed by atoms with E-state index in [1.54, 1.807) is 0 Å². The lowest BCUT2D eigenvalue weighted by Crippen LogP contribution is -2.26. The molecule has 0 aliphatic heterocycles. The van der Waals surface area contributed by atoms with Crippen LogP contribution >= 0.6 is 0 Å². The molecule has 2 aliphatic carbocycles. The molecule has 0 N–H and O–H groups in total. The van der Waals surface area contributed by atoms with Crippen LogP contribution in [0, 0.1) is 11.8 Å². The fourth-order valence-corrected chi connectivity index (χ4v) is 4.59. The Morgan fingerprint density at radius 2 is 1.10 bits per heavy atom. The summed E-state index contributed by atoms with van der Waals surface area (Å²) in [5.41, 5.74) is 0. The van der Waals surface area contributed by atoms with Crippen molar-refractivity contribution in [3.63, 3.8) is 0 Å². The molecule has 2 rings (SSSR count). The van der Waals surface area contributed by atoms with Crippen molar-refractivity contribution in [1.82, 2.24) is 4.90 Å². The summed E-state index contributed by atoms with van der Waals surface area (Å²) in [4.78, 5) is 2.71. The van der Waals surface area contributed by atoms with Gasteiger partial charge >= 0.3 is 0 Å². The van der Waals surface area contributed by atoms with Crippen LogP contribution in [0.15, 0.2) is 0 Å². The van der Waals surface area contributed by atoms with Gasteiger partial charge in [0.15, 0.2) is 0 Å². The maximum atomic E-state index is 2.71. The van der Waals surface area contributed by atoms with E-state index in [9.17, 15) is 0 Å². The number of nitrogens with zero attached hydrogens (tertiary/aromatic N) is 1. The molecule has 2 aliphatic rings. The molecular weight excluding hydrogens is 254 g/mol. The summed E-state index contributed by atoms with van der Waals surface area (Å²) >= 11 is 0. The van der Waals surface area contributed by atoms with Crippen molar-refractivity contribution in [2.24, 2.45) is 11.8 Å². The third-order valence-electron chi connectivity index (χ3n) is 6.07. The van der Waals surface area contributed by atoms with Crippen LogP contribution in [0.1, 0.15) is 96.8 Å². The molecule has 0 unspecified atom stereocenters. The lowest BCUT2D eigenvalue weighted by Gasteiger charge is -2.26. The molecule has 0 bridgehead atoms. The van der Waals surface area contributed by atoms with Gasteiger partial charge in [0.1, 0.15) is 0 Å². The minimum atomic E-state index is 1.07. The summed E-state index contributed by atoms with van der Waals surface area (Å²) in [6, 6.07) is 0. The lowest BCUT2D eigenvalue weighted by molar-refractivity contribution is 0.241. The van der Waals surface area contributed by atoms with Crippen molar-refractivity contribution in [2.45, 2.75) is 96.8 Å². The Bertz CT molecular complexity index is 214. The molecule has 0 atom stereocenters. The third-order valence-corrected chi connectivity index (χ3v) is 6.07. The second-order valence-electron chi connectivity index (χ2n) is 7.73. The van der Waals surface area contributed by atoms with E-state index in [0.29, 0.717) is 0 Å². The predicted octanol–water partition coefficient (Wildman–Crippen LogP) is 6.03. The zero-order valence-corrected chi connectivity index (χ0v) is 14.6. The Labute approximate surface area is 133 Å². The van der Waals surface area contributed by atoms with Crippen LogP contribution in [0.2, 0.25) is 0 Å². The van der Waals surface area contributed by atoms with Crippen LogP contribution < -0.4 is 0 Å². The van der Waals surface area contributed by atoms with Crippen molar-refractivity contribution in [2.75, 3.05) is 19.6 Å². The van der Waals surface area contributed by atoms with Crippen LogP contribution in [0.4, 0.5) is 0 Å². The first-order valence-corrected chi connectivity index (χ1v) is 10.1. The van der Waals surface area contributed by atoms with E-state index in [2.05, 4.69) is 11.8 Å². The lowest BCUT2D eigenvalue weighted by atomic mass is 9.86. The summed E-state index contributed by atoms with van der Waals surface area (Å²) < 4.78 is 0. The predicted molar refractivity (Wildman–Crippen MR) is 93.7 cm³/mol. The first-order chi connectivity index (χ1) is 10.4. The molecule has 0 saturated heterocycles. The van der Waals surface area contributed by atoms with Crippen molar-refractivity contribution in [3.8, 4) is 0 Å². The zero-order valence-electron chi connectivity index (χ0n) is 14.6. The molecule has 0 amide bonds. The highest BCUT2D eigenvalue weighted by atomic mass is 15.1. The molecule has 0 spiro atoms. The van der Waals surface area contributed by atoms with Gasteiger partial charge in [0.2, 0.25) is 0 Å². The van der Waals surface area contributed by atoms with E-state index in [0.717, 1.165) is 11.8 Å². The van der Waals surface area contributed by atoms with E-state index in [1.807, 2.05) is 0 Å². The standard InChI is InChI=1S/C20H39N/c1-2-21(17-9-15-19-11-5-3-6-12-19)18-10-16-20-13-7-4-8-14-20/h19-20H,2-18H2,1H3. The number of hydrogen-bond donors (Lipinski definition) is 0. The normalized spacial score (nSPS) is 22.0. The zero-order chi connectivity index (χ0) is 14.8. The van der Waals surface area contributed by atoms with Gasteiger partial charge in [0.25, 0.3) is 0 Å². The molecule has 0 radical (unpaired) electrons. The van der Waals surface area contributed by atoms with Crippen LogP contribution in [-0.4, -0.2) is 24.5 Å². The molecular formula is C20H39N. The number of rotatable bonds is 9. The molecule has 0 aromatic heterocycles. The molecule has 2 fully saturated rings. The van der Waals surface area contributed by atoms with Gasteiger partial charge in [-0.2, -0.15) is 0 Å². The molecule has 124 valence electrons. The molecule has 1 nitrogen and oxygen atoms in total. The Kier molecular flexibility index (Phi) is 8.78. The first kappa shape index (κ1) is 17.3. The van der Waals surface area contributed by atoms with Gasteiger partial charge in [-0.05, 0) is 57.2 Å². The van der Waals surface area contributed by atoms with Crippen molar-refractivity contribution in [1.29, 1.82) is 0 Å². The van der Waals surface area contributed by atoms with Gasteiger partial charge in [0, 0.05) is 0 Å². The smallest absolute Gasteiger partial charge is 0.00188 e. The quantitative estimate of drug-likeness (QED) is 0.501. The minimum absolute atomic E-state index is 1.07. The Balaban J connectivity index is 1.50. The van der Waals surface area contributed by atoms with Gasteiger partial charge in [0.05, 0.1) is 0 Å². The third kappa shape index (κ3) is 7.17. The summed E-state index contributed by atoms with van der Waals surface area (Å²) in [6.07, 6.45) is 21.0. The van der Waals surface area contributed by atoms with E-state index < -0.39 is 0 Å². The van der Waals surface area contributed by atoms with Gasteiger partial charge in [-0.25, -0.2) is 0 Å². The van der Waals surface area contributed by atoms with E-state index in [1.165, 1.54) is 110 Å². The van der Waals surface area contributed by atoms with Gasteiger partial charge in [-0.3, -0.25) is 0 Å². The largest absolute Gasteiger partial charge is 0.304 e. The first-order valence-electron chi connectivity index (χ1n) is 10.1. The summed E-state index contributed by atoms with van der Waals surface area (Å²) in [5.74, 6) is 2.14. The summed E-state index contributed by atoms with van der Waals surface area (Å²) in [5, 5.41) is 0. The average molecular weight is 294 g/mol. The molecule has 2 saturated carbocycles. The highest BCUT2D eigenvalue weighted by molar-refractivity contribution is 4.69. The minimum Gasteiger partial charge on any atom is -0.304 e. The fourth-order valence-electron chi connectivity index (χ4n) is 4.59.